The fourth-order valence-electron chi connectivity index (χ4n) is 3.78. The van der Waals surface area contributed by atoms with Gasteiger partial charge >= 0.3 is 6.09 Å². The van der Waals surface area contributed by atoms with Crippen molar-refractivity contribution < 1.29 is 19.1 Å². The fraction of sp³-hybridized carbons (Fsp3) is 0.296. The van der Waals surface area contributed by atoms with Crippen LogP contribution in [0.1, 0.15) is 48.6 Å². The van der Waals surface area contributed by atoms with Crippen molar-refractivity contribution in [3.8, 4) is 17.0 Å². The zero-order valence-electron chi connectivity index (χ0n) is 21.5. The highest BCUT2D eigenvalue weighted by molar-refractivity contribution is 5.94. The average molecular weight is 503 g/mol. The van der Waals surface area contributed by atoms with E-state index in [0.717, 1.165) is 27.7 Å². The minimum Gasteiger partial charge on any atom is -0.497 e. The number of alkyl carbamates (subject to hydrolysis) is 1. The summed E-state index contributed by atoms with van der Waals surface area (Å²) in [4.78, 5) is 34.1. The lowest BCUT2D eigenvalue weighted by atomic mass is 10.1. The van der Waals surface area contributed by atoms with Crippen molar-refractivity contribution in [2.75, 3.05) is 13.7 Å². The monoisotopic (exact) mass is 502 g/mol. The number of nitrogens with one attached hydrogen (secondary N) is 3. The van der Waals surface area contributed by atoms with Crippen molar-refractivity contribution in [3.63, 3.8) is 0 Å². The molecule has 3 N–H and O–H groups in total. The van der Waals surface area contributed by atoms with Crippen molar-refractivity contribution >= 4 is 22.9 Å². The van der Waals surface area contributed by atoms with E-state index in [2.05, 4.69) is 30.8 Å². The molecule has 2 aromatic carbocycles. The normalized spacial score (nSPS) is 12.1. The summed E-state index contributed by atoms with van der Waals surface area (Å²) in [6, 6.07) is 14.1. The Morgan fingerprint density at radius 2 is 1.89 bits per heavy atom. The summed E-state index contributed by atoms with van der Waals surface area (Å²) in [7, 11) is 1.57. The molecule has 37 heavy (non-hydrogen) atoms. The molecule has 0 aliphatic carbocycles. The molecule has 0 spiro atoms. The first-order chi connectivity index (χ1) is 17.6. The summed E-state index contributed by atoms with van der Waals surface area (Å²) in [5, 5.41) is 13.9. The van der Waals surface area contributed by atoms with E-state index in [1.165, 1.54) is 6.33 Å². The molecule has 2 amide bonds. The van der Waals surface area contributed by atoms with Gasteiger partial charge in [-0.2, -0.15) is 5.10 Å². The lowest BCUT2D eigenvalue weighted by Gasteiger charge is -2.23. The van der Waals surface area contributed by atoms with Gasteiger partial charge in [-0.1, -0.05) is 18.2 Å². The molecular weight excluding hydrogens is 472 g/mol. The van der Waals surface area contributed by atoms with Gasteiger partial charge in [0.15, 0.2) is 0 Å². The van der Waals surface area contributed by atoms with Crippen LogP contribution in [-0.2, 0) is 4.74 Å². The number of aromatic nitrogens is 4. The molecule has 0 fully saturated rings. The maximum Gasteiger partial charge on any atom is 0.407 e. The number of carbonyl (C=O) groups is 2. The first-order valence-corrected chi connectivity index (χ1v) is 11.8. The number of aryl methyl sites for hydroxylation is 1. The van der Waals surface area contributed by atoms with Crippen molar-refractivity contribution in [1.29, 1.82) is 0 Å². The van der Waals surface area contributed by atoms with E-state index in [1.54, 1.807) is 46.1 Å². The van der Waals surface area contributed by atoms with Gasteiger partial charge in [0.25, 0.3) is 5.91 Å². The molecule has 0 radical (unpaired) electrons. The summed E-state index contributed by atoms with van der Waals surface area (Å²) in [5.41, 5.74) is 3.54. The molecule has 10 heteroatoms. The number of methoxy groups -OCH3 is 1. The Balaban J connectivity index is 1.56. The third kappa shape index (κ3) is 6.40. The van der Waals surface area contributed by atoms with Crippen LogP contribution in [0.3, 0.4) is 0 Å². The van der Waals surface area contributed by atoms with Gasteiger partial charge in [0.05, 0.1) is 24.4 Å². The third-order valence-electron chi connectivity index (χ3n) is 5.59. The predicted octanol–water partition coefficient (Wildman–Crippen LogP) is 4.33. The van der Waals surface area contributed by atoms with Crippen LogP contribution in [0.25, 0.3) is 22.2 Å². The maximum atomic E-state index is 13.3. The van der Waals surface area contributed by atoms with E-state index < -0.39 is 23.6 Å². The SMILES string of the molecule is COc1cccc(C(CNC(=O)OC(C)(C)C)NC(=O)c2cc(-c3ccc4n[nH]c(C)c4c3)ncn2)c1. The molecule has 2 heterocycles. The number of rotatable bonds is 7. The molecule has 1 atom stereocenters. The molecule has 192 valence electrons. The summed E-state index contributed by atoms with van der Waals surface area (Å²) in [5.74, 6) is 0.214. The van der Waals surface area contributed by atoms with Crippen LogP contribution in [0, 0.1) is 6.92 Å². The highest BCUT2D eigenvalue weighted by Gasteiger charge is 2.21. The van der Waals surface area contributed by atoms with Gasteiger partial charge in [-0.15, -0.1) is 0 Å². The second-order valence-electron chi connectivity index (χ2n) is 9.55. The number of hydrogen-bond donors (Lipinski definition) is 3. The number of amides is 2. The van der Waals surface area contributed by atoms with Gasteiger partial charge in [0, 0.05) is 23.2 Å². The van der Waals surface area contributed by atoms with Gasteiger partial charge in [-0.05, 0) is 63.6 Å². The molecule has 4 rings (SSSR count). The average Bonchev–Trinajstić information content (AvgIpc) is 3.25. The van der Waals surface area contributed by atoms with Crippen molar-refractivity contribution in [2.45, 2.75) is 39.3 Å². The van der Waals surface area contributed by atoms with E-state index in [9.17, 15) is 9.59 Å². The third-order valence-corrected chi connectivity index (χ3v) is 5.59. The number of H-pyrrole nitrogens is 1. The number of carbonyl (C=O) groups excluding carboxylic acids is 2. The highest BCUT2D eigenvalue weighted by Crippen LogP contribution is 2.24. The number of aromatic amines is 1. The van der Waals surface area contributed by atoms with E-state index >= 15 is 0 Å². The lowest BCUT2D eigenvalue weighted by Crippen LogP contribution is -2.40. The minimum absolute atomic E-state index is 0.0994. The van der Waals surface area contributed by atoms with Crippen molar-refractivity contribution in [2.24, 2.45) is 0 Å². The topological polar surface area (TPSA) is 131 Å². The summed E-state index contributed by atoms with van der Waals surface area (Å²) < 4.78 is 10.7. The van der Waals surface area contributed by atoms with Gasteiger partial charge in [0.2, 0.25) is 0 Å². The van der Waals surface area contributed by atoms with Crippen LogP contribution < -0.4 is 15.4 Å². The molecule has 10 nitrogen and oxygen atoms in total. The number of benzene rings is 2. The standard InChI is InChI=1S/C27H30N6O4/c1-16-20-12-18(9-10-21(20)33-32-16)22-13-23(30-15-29-22)25(34)31-24(14-28-26(35)37-27(2,3)4)17-7-6-8-19(11-17)36-5/h6-13,15,24H,14H2,1-5H3,(H,28,35)(H,31,34)(H,32,33). The van der Waals surface area contributed by atoms with Crippen LogP contribution in [0.2, 0.25) is 0 Å². The van der Waals surface area contributed by atoms with Gasteiger partial charge in [0.1, 0.15) is 23.4 Å². The van der Waals surface area contributed by atoms with E-state index in [0.29, 0.717) is 11.4 Å². The second kappa shape index (κ2) is 10.7. The number of fused-ring (bicyclic) bond motifs is 1. The molecule has 0 saturated heterocycles. The summed E-state index contributed by atoms with van der Waals surface area (Å²) >= 11 is 0. The zero-order valence-corrected chi connectivity index (χ0v) is 21.5. The molecular formula is C27H30N6O4. The van der Waals surface area contributed by atoms with Gasteiger partial charge in [-0.25, -0.2) is 14.8 Å². The predicted molar refractivity (Wildman–Crippen MR) is 139 cm³/mol. The summed E-state index contributed by atoms with van der Waals surface area (Å²) in [6.45, 7) is 7.40. The molecule has 0 aliphatic heterocycles. The second-order valence-corrected chi connectivity index (χ2v) is 9.55. The molecule has 0 aliphatic rings. The van der Waals surface area contributed by atoms with Crippen LogP contribution in [0.5, 0.6) is 5.75 Å². The number of nitrogens with zero attached hydrogens (tertiary/aromatic N) is 3. The minimum atomic E-state index is -0.645. The lowest BCUT2D eigenvalue weighted by molar-refractivity contribution is 0.0519. The van der Waals surface area contributed by atoms with Gasteiger partial charge < -0.3 is 20.1 Å². The van der Waals surface area contributed by atoms with E-state index in [1.807, 2.05) is 37.3 Å². The smallest absolute Gasteiger partial charge is 0.407 e. The first kappa shape index (κ1) is 25.6. The Kier molecular flexibility index (Phi) is 7.37. The zero-order chi connectivity index (χ0) is 26.6. The summed E-state index contributed by atoms with van der Waals surface area (Å²) in [6.07, 6.45) is 0.778. The number of ether oxygens (including phenoxy) is 2. The fourth-order valence-corrected chi connectivity index (χ4v) is 3.78. The number of hydrogen-bond acceptors (Lipinski definition) is 7. The molecule has 1 unspecified atom stereocenters. The van der Waals surface area contributed by atoms with E-state index in [-0.39, 0.29) is 12.2 Å². The van der Waals surface area contributed by atoms with Crippen LogP contribution in [0.15, 0.2) is 54.9 Å². The Bertz CT molecular complexity index is 1430. The quantitative estimate of drug-likeness (QED) is 0.343. The molecule has 2 aromatic heterocycles. The Labute approximate surface area is 214 Å². The first-order valence-electron chi connectivity index (χ1n) is 11.8. The molecule has 4 aromatic rings. The molecule has 0 saturated carbocycles. The van der Waals surface area contributed by atoms with Crippen LogP contribution in [-0.4, -0.2) is 51.4 Å². The molecule has 0 bridgehead atoms. The van der Waals surface area contributed by atoms with Crippen molar-refractivity contribution in [3.05, 3.63) is 71.8 Å². The Hall–Kier alpha value is -4.47. The maximum absolute atomic E-state index is 13.3. The van der Waals surface area contributed by atoms with Gasteiger partial charge in [-0.3, -0.25) is 9.89 Å². The van der Waals surface area contributed by atoms with Crippen molar-refractivity contribution in [1.82, 2.24) is 30.8 Å². The van der Waals surface area contributed by atoms with E-state index in [4.69, 9.17) is 9.47 Å². The van der Waals surface area contributed by atoms with Crippen LogP contribution >= 0.6 is 0 Å². The highest BCUT2D eigenvalue weighted by atomic mass is 16.6. The Morgan fingerprint density at radius 1 is 1.08 bits per heavy atom. The Morgan fingerprint density at radius 3 is 2.65 bits per heavy atom. The van der Waals surface area contributed by atoms with Crippen LogP contribution in [0.4, 0.5) is 4.79 Å². The largest absolute Gasteiger partial charge is 0.497 e.